The van der Waals surface area contributed by atoms with Gasteiger partial charge < -0.3 is 15.0 Å². The topological polar surface area (TPSA) is 44.8 Å². The lowest BCUT2D eigenvalue weighted by Crippen LogP contribution is -2.47. The Morgan fingerprint density at radius 2 is 1.86 bits per heavy atom. The molecule has 1 atom stereocenters. The summed E-state index contributed by atoms with van der Waals surface area (Å²) in [5.41, 5.74) is 0. The van der Waals surface area contributed by atoms with Crippen molar-refractivity contribution in [3.63, 3.8) is 0 Å². The van der Waals surface area contributed by atoms with Crippen molar-refractivity contribution in [2.75, 3.05) is 46.9 Å². The van der Waals surface area contributed by atoms with Gasteiger partial charge in [-0.3, -0.25) is 4.90 Å². The highest BCUT2D eigenvalue weighted by atomic mass is 16.5. The molecule has 0 saturated heterocycles. The second-order valence-corrected chi connectivity index (χ2v) is 5.96. The van der Waals surface area contributed by atoms with Gasteiger partial charge in [0.05, 0.1) is 0 Å². The summed E-state index contributed by atoms with van der Waals surface area (Å²) in [5, 5.41) is 3.07. The summed E-state index contributed by atoms with van der Waals surface area (Å²) < 4.78 is 5.01. The maximum atomic E-state index is 12.1. The highest BCUT2D eigenvalue weighted by Crippen LogP contribution is 2.11. The first kappa shape index (κ1) is 20.2. The molecule has 0 spiro atoms. The van der Waals surface area contributed by atoms with E-state index in [0.717, 1.165) is 32.5 Å². The van der Waals surface area contributed by atoms with Crippen molar-refractivity contribution in [2.45, 2.75) is 46.6 Å². The molecular weight excluding hydrogens is 266 g/mol. The molecule has 2 amide bonds. The van der Waals surface area contributed by atoms with E-state index in [1.54, 1.807) is 12.0 Å². The maximum absolute atomic E-state index is 12.1. The monoisotopic (exact) mass is 301 g/mol. The molecule has 0 aliphatic rings. The fraction of sp³-hybridized carbons (Fsp3) is 0.938. The van der Waals surface area contributed by atoms with Crippen molar-refractivity contribution in [3.05, 3.63) is 0 Å². The van der Waals surface area contributed by atoms with Crippen LogP contribution in [0.1, 0.15) is 40.5 Å². The van der Waals surface area contributed by atoms with Crippen LogP contribution in [0.3, 0.4) is 0 Å². The molecule has 126 valence electrons. The molecule has 0 aliphatic heterocycles. The number of carbonyl (C=O) groups excluding carboxylic acids is 1. The molecular formula is C16H35N3O2. The Bertz CT molecular complexity index is 268. The van der Waals surface area contributed by atoms with Crippen LogP contribution in [0.2, 0.25) is 0 Å². The number of methoxy groups -OCH3 is 1. The number of hydrogen-bond donors (Lipinski definition) is 1. The Balaban J connectivity index is 4.29. The molecule has 0 rings (SSSR count). The van der Waals surface area contributed by atoms with Gasteiger partial charge in [0.25, 0.3) is 0 Å². The van der Waals surface area contributed by atoms with Gasteiger partial charge in [0.2, 0.25) is 0 Å². The number of ether oxygens (including phenoxy) is 1. The molecule has 0 aromatic rings. The van der Waals surface area contributed by atoms with Gasteiger partial charge >= 0.3 is 6.03 Å². The van der Waals surface area contributed by atoms with Crippen LogP contribution >= 0.6 is 0 Å². The smallest absolute Gasteiger partial charge is 0.317 e. The Hall–Kier alpha value is -0.810. The number of rotatable bonds is 11. The normalized spacial score (nSPS) is 12.8. The van der Waals surface area contributed by atoms with Crippen molar-refractivity contribution in [1.29, 1.82) is 0 Å². The SMILES string of the molecule is CCN(CC)C(CNC(=O)N(C)CCCOC)CC(C)C. The molecule has 0 aromatic carbocycles. The average molecular weight is 301 g/mol. The fourth-order valence-corrected chi connectivity index (χ4v) is 2.53. The molecule has 0 radical (unpaired) electrons. The minimum Gasteiger partial charge on any atom is -0.385 e. The van der Waals surface area contributed by atoms with Gasteiger partial charge in [-0.25, -0.2) is 4.79 Å². The number of nitrogens with one attached hydrogen (secondary N) is 1. The van der Waals surface area contributed by atoms with Crippen LogP contribution < -0.4 is 5.32 Å². The first-order valence-electron chi connectivity index (χ1n) is 8.18. The number of carbonyl (C=O) groups is 1. The van der Waals surface area contributed by atoms with Crippen molar-refractivity contribution in [1.82, 2.24) is 15.1 Å². The zero-order chi connectivity index (χ0) is 16.3. The predicted molar refractivity (Wildman–Crippen MR) is 88.7 cm³/mol. The van der Waals surface area contributed by atoms with Gasteiger partial charge in [-0.2, -0.15) is 0 Å². The third-order valence-electron chi connectivity index (χ3n) is 3.75. The molecule has 0 saturated carbocycles. The summed E-state index contributed by atoms with van der Waals surface area (Å²) in [6, 6.07) is 0.420. The van der Waals surface area contributed by atoms with Crippen molar-refractivity contribution < 1.29 is 9.53 Å². The van der Waals surface area contributed by atoms with E-state index in [0.29, 0.717) is 25.1 Å². The second-order valence-electron chi connectivity index (χ2n) is 5.96. The van der Waals surface area contributed by atoms with E-state index in [4.69, 9.17) is 4.74 Å². The lowest BCUT2D eigenvalue weighted by Gasteiger charge is -2.31. The van der Waals surface area contributed by atoms with Gasteiger partial charge in [0, 0.05) is 39.9 Å². The van der Waals surface area contributed by atoms with E-state index in [1.807, 2.05) is 7.05 Å². The van der Waals surface area contributed by atoms with Gasteiger partial charge in [-0.1, -0.05) is 27.7 Å². The van der Waals surface area contributed by atoms with Crippen molar-refractivity contribution in [2.24, 2.45) is 5.92 Å². The molecule has 0 heterocycles. The van der Waals surface area contributed by atoms with Crippen LogP contribution in [0, 0.1) is 5.92 Å². The fourth-order valence-electron chi connectivity index (χ4n) is 2.53. The Morgan fingerprint density at radius 1 is 1.24 bits per heavy atom. The number of nitrogens with zero attached hydrogens (tertiary/aromatic N) is 2. The van der Waals surface area contributed by atoms with Crippen LogP contribution in [0.25, 0.3) is 0 Å². The molecule has 5 heteroatoms. The molecule has 21 heavy (non-hydrogen) atoms. The third kappa shape index (κ3) is 8.94. The van der Waals surface area contributed by atoms with Crippen LogP contribution in [-0.4, -0.2) is 68.8 Å². The minimum atomic E-state index is 0.00650. The molecule has 5 nitrogen and oxygen atoms in total. The first-order valence-corrected chi connectivity index (χ1v) is 8.18. The van der Waals surface area contributed by atoms with Crippen molar-refractivity contribution in [3.8, 4) is 0 Å². The lowest BCUT2D eigenvalue weighted by molar-refractivity contribution is 0.166. The number of likely N-dealkylation sites (N-methyl/N-ethyl adjacent to an activating group) is 1. The summed E-state index contributed by atoms with van der Waals surface area (Å²) in [7, 11) is 3.51. The summed E-state index contributed by atoms with van der Waals surface area (Å²) in [5.74, 6) is 0.631. The van der Waals surface area contributed by atoms with E-state index in [2.05, 4.69) is 37.9 Å². The molecule has 0 bridgehead atoms. The van der Waals surface area contributed by atoms with Crippen LogP contribution in [0.4, 0.5) is 4.79 Å². The minimum absolute atomic E-state index is 0.00650. The van der Waals surface area contributed by atoms with Crippen LogP contribution in [0.5, 0.6) is 0 Å². The third-order valence-corrected chi connectivity index (χ3v) is 3.75. The van der Waals surface area contributed by atoms with E-state index >= 15 is 0 Å². The molecule has 1 N–H and O–H groups in total. The number of amides is 2. The van der Waals surface area contributed by atoms with Crippen LogP contribution in [-0.2, 0) is 4.74 Å². The Kier molecular flexibility index (Phi) is 11.4. The van der Waals surface area contributed by atoms with Gasteiger partial charge in [-0.15, -0.1) is 0 Å². The summed E-state index contributed by atoms with van der Waals surface area (Å²) >= 11 is 0. The number of hydrogen-bond acceptors (Lipinski definition) is 3. The van der Waals surface area contributed by atoms with E-state index in [-0.39, 0.29) is 6.03 Å². The highest BCUT2D eigenvalue weighted by molar-refractivity contribution is 5.73. The van der Waals surface area contributed by atoms with E-state index < -0.39 is 0 Å². The van der Waals surface area contributed by atoms with E-state index in [9.17, 15) is 4.79 Å². The summed E-state index contributed by atoms with van der Waals surface area (Å²) in [4.78, 5) is 16.2. The molecule has 0 aliphatic carbocycles. The van der Waals surface area contributed by atoms with E-state index in [1.165, 1.54) is 0 Å². The standard InChI is InChI=1S/C16H35N3O2/c1-7-19(8-2)15(12-14(3)4)13-17-16(20)18(5)10-9-11-21-6/h14-15H,7-13H2,1-6H3,(H,17,20). The Morgan fingerprint density at radius 3 is 2.33 bits per heavy atom. The largest absolute Gasteiger partial charge is 0.385 e. The maximum Gasteiger partial charge on any atom is 0.317 e. The van der Waals surface area contributed by atoms with Gasteiger partial charge in [-0.05, 0) is 31.8 Å². The zero-order valence-electron chi connectivity index (χ0n) is 14.8. The predicted octanol–water partition coefficient (Wildman–Crippen LogP) is 2.42. The summed E-state index contributed by atoms with van der Waals surface area (Å²) in [6.07, 6.45) is 1.97. The lowest BCUT2D eigenvalue weighted by atomic mass is 10.0. The highest BCUT2D eigenvalue weighted by Gasteiger charge is 2.18. The zero-order valence-corrected chi connectivity index (χ0v) is 14.8. The average Bonchev–Trinajstić information content (AvgIpc) is 2.45. The molecule has 1 unspecified atom stereocenters. The summed E-state index contributed by atoms with van der Waals surface area (Å²) in [6.45, 7) is 13.0. The first-order chi connectivity index (χ1) is 9.96. The van der Waals surface area contributed by atoms with Gasteiger partial charge in [0.1, 0.15) is 0 Å². The van der Waals surface area contributed by atoms with Gasteiger partial charge in [0.15, 0.2) is 0 Å². The number of urea groups is 1. The molecule has 0 fully saturated rings. The second kappa shape index (κ2) is 11.8. The van der Waals surface area contributed by atoms with Crippen LogP contribution in [0.15, 0.2) is 0 Å². The molecule has 0 aromatic heterocycles. The van der Waals surface area contributed by atoms with Crippen molar-refractivity contribution >= 4 is 6.03 Å². The quantitative estimate of drug-likeness (QED) is 0.596. The Labute approximate surface area is 131 Å².